The minimum Gasteiger partial charge on any atom is -0.352 e. The standard InChI is InChI=1S/C21H21N3O/c1-16-7-5-6-8-17(16)13-14-22-20(25)12-11-19-15-23-24-21(19)18-9-3-2-4-10-18/h2-12,15H,13-14H2,1H3,(H,22,25)(H,23,24)/b12-11+. The molecule has 4 nitrogen and oxygen atoms in total. The van der Waals surface area contributed by atoms with Crippen molar-refractivity contribution in [2.75, 3.05) is 6.54 Å². The summed E-state index contributed by atoms with van der Waals surface area (Å²) in [4.78, 5) is 12.0. The first-order valence-electron chi connectivity index (χ1n) is 8.33. The van der Waals surface area contributed by atoms with Gasteiger partial charge in [-0.25, -0.2) is 0 Å². The number of hydrogen-bond donors (Lipinski definition) is 2. The molecule has 4 heteroatoms. The molecule has 25 heavy (non-hydrogen) atoms. The van der Waals surface area contributed by atoms with Crippen LogP contribution in [0.15, 0.2) is 66.9 Å². The summed E-state index contributed by atoms with van der Waals surface area (Å²) in [7, 11) is 0. The van der Waals surface area contributed by atoms with Crippen molar-refractivity contribution in [3.63, 3.8) is 0 Å². The zero-order chi connectivity index (χ0) is 17.5. The second-order valence-electron chi connectivity index (χ2n) is 5.87. The first-order chi connectivity index (χ1) is 12.2. The van der Waals surface area contributed by atoms with Crippen LogP contribution < -0.4 is 5.32 Å². The molecule has 0 aliphatic carbocycles. The molecule has 0 aliphatic rings. The Labute approximate surface area is 147 Å². The van der Waals surface area contributed by atoms with E-state index in [0.29, 0.717) is 6.54 Å². The van der Waals surface area contributed by atoms with E-state index in [-0.39, 0.29) is 5.91 Å². The van der Waals surface area contributed by atoms with E-state index in [1.807, 2.05) is 42.5 Å². The first kappa shape index (κ1) is 16.7. The fraction of sp³-hybridized carbons (Fsp3) is 0.143. The number of nitrogens with zero attached hydrogens (tertiary/aromatic N) is 1. The third-order valence-electron chi connectivity index (χ3n) is 4.10. The van der Waals surface area contributed by atoms with Crippen molar-refractivity contribution in [3.05, 3.63) is 83.6 Å². The van der Waals surface area contributed by atoms with Crippen molar-refractivity contribution >= 4 is 12.0 Å². The Kier molecular flexibility index (Phi) is 5.42. The van der Waals surface area contributed by atoms with Crippen LogP contribution in [0.4, 0.5) is 0 Å². The van der Waals surface area contributed by atoms with Crippen LogP contribution in [0.5, 0.6) is 0 Å². The summed E-state index contributed by atoms with van der Waals surface area (Å²) in [6.07, 6.45) is 5.89. The van der Waals surface area contributed by atoms with Gasteiger partial charge in [-0.15, -0.1) is 0 Å². The third-order valence-corrected chi connectivity index (χ3v) is 4.10. The highest BCUT2D eigenvalue weighted by Gasteiger charge is 2.05. The summed E-state index contributed by atoms with van der Waals surface area (Å²) in [5, 5.41) is 9.99. The maximum Gasteiger partial charge on any atom is 0.244 e. The van der Waals surface area contributed by atoms with Crippen LogP contribution in [0.25, 0.3) is 17.3 Å². The van der Waals surface area contributed by atoms with E-state index in [1.54, 1.807) is 18.3 Å². The largest absolute Gasteiger partial charge is 0.352 e. The molecule has 0 aliphatic heterocycles. The smallest absolute Gasteiger partial charge is 0.244 e. The number of H-pyrrole nitrogens is 1. The molecule has 1 amide bonds. The molecular formula is C21H21N3O. The van der Waals surface area contributed by atoms with E-state index in [2.05, 4.69) is 34.6 Å². The Morgan fingerprint density at radius 3 is 2.68 bits per heavy atom. The average molecular weight is 331 g/mol. The summed E-state index contributed by atoms with van der Waals surface area (Å²) >= 11 is 0. The lowest BCUT2D eigenvalue weighted by Gasteiger charge is -2.05. The van der Waals surface area contributed by atoms with Crippen LogP contribution in [0.1, 0.15) is 16.7 Å². The Morgan fingerprint density at radius 2 is 1.88 bits per heavy atom. The minimum absolute atomic E-state index is 0.103. The molecule has 3 aromatic rings. The zero-order valence-corrected chi connectivity index (χ0v) is 14.2. The van der Waals surface area contributed by atoms with Crippen LogP contribution in [0.3, 0.4) is 0 Å². The summed E-state index contributed by atoms with van der Waals surface area (Å²) in [6.45, 7) is 2.70. The van der Waals surface area contributed by atoms with E-state index in [1.165, 1.54) is 11.1 Å². The van der Waals surface area contributed by atoms with Crippen LogP contribution in [0, 0.1) is 6.92 Å². The number of aromatic amines is 1. The molecule has 0 bridgehead atoms. The van der Waals surface area contributed by atoms with E-state index >= 15 is 0 Å². The molecule has 1 aromatic heterocycles. The molecule has 0 saturated carbocycles. The lowest BCUT2D eigenvalue weighted by Crippen LogP contribution is -2.23. The molecule has 126 valence electrons. The Hall–Kier alpha value is -3.14. The molecule has 0 unspecified atom stereocenters. The van der Waals surface area contributed by atoms with Crippen LogP contribution in [0.2, 0.25) is 0 Å². The number of aromatic nitrogens is 2. The first-order valence-corrected chi connectivity index (χ1v) is 8.33. The molecular weight excluding hydrogens is 310 g/mol. The van der Waals surface area contributed by atoms with Gasteiger partial charge in [-0.3, -0.25) is 9.89 Å². The van der Waals surface area contributed by atoms with Gasteiger partial charge in [0.25, 0.3) is 0 Å². The second-order valence-corrected chi connectivity index (χ2v) is 5.87. The van der Waals surface area contributed by atoms with Gasteiger partial charge in [0, 0.05) is 23.7 Å². The van der Waals surface area contributed by atoms with Crippen molar-refractivity contribution < 1.29 is 4.79 Å². The van der Waals surface area contributed by atoms with Gasteiger partial charge in [0.05, 0.1) is 11.9 Å². The lowest BCUT2D eigenvalue weighted by atomic mass is 10.1. The predicted molar refractivity (Wildman–Crippen MR) is 101 cm³/mol. The summed E-state index contributed by atoms with van der Waals surface area (Å²) in [5.74, 6) is -0.103. The maximum absolute atomic E-state index is 12.0. The number of nitrogens with one attached hydrogen (secondary N) is 2. The predicted octanol–water partition coefficient (Wildman–Crippen LogP) is 3.76. The monoisotopic (exact) mass is 331 g/mol. The maximum atomic E-state index is 12.0. The highest BCUT2D eigenvalue weighted by molar-refractivity contribution is 5.92. The van der Waals surface area contributed by atoms with Crippen molar-refractivity contribution in [2.45, 2.75) is 13.3 Å². The van der Waals surface area contributed by atoms with Gasteiger partial charge >= 0.3 is 0 Å². The van der Waals surface area contributed by atoms with Crippen molar-refractivity contribution in [1.82, 2.24) is 15.5 Å². The highest BCUT2D eigenvalue weighted by atomic mass is 16.1. The molecule has 0 atom stereocenters. The number of carbonyl (C=O) groups excluding carboxylic acids is 1. The highest BCUT2D eigenvalue weighted by Crippen LogP contribution is 2.21. The molecule has 2 aromatic carbocycles. The van der Waals surface area contributed by atoms with Crippen LogP contribution in [-0.4, -0.2) is 22.6 Å². The summed E-state index contributed by atoms with van der Waals surface area (Å²) in [5.41, 5.74) is 5.34. The fourth-order valence-corrected chi connectivity index (χ4v) is 2.69. The lowest BCUT2D eigenvalue weighted by molar-refractivity contribution is -0.116. The number of rotatable bonds is 6. The Bertz CT molecular complexity index is 866. The molecule has 3 rings (SSSR count). The van der Waals surface area contributed by atoms with E-state index in [0.717, 1.165) is 23.2 Å². The Balaban J connectivity index is 1.57. The molecule has 2 N–H and O–H groups in total. The molecule has 0 radical (unpaired) electrons. The number of carbonyl (C=O) groups is 1. The number of amides is 1. The summed E-state index contributed by atoms with van der Waals surface area (Å²) in [6, 6.07) is 18.2. The molecule has 0 spiro atoms. The second kappa shape index (κ2) is 8.11. The molecule has 1 heterocycles. The normalized spacial score (nSPS) is 10.9. The minimum atomic E-state index is -0.103. The van der Waals surface area contributed by atoms with E-state index in [4.69, 9.17) is 0 Å². The average Bonchev–Trinajstić information content (AvgIpc) is 3.11. The van der Waals surface area contributed by atoms with Gasteiger partial charge in [-0.05, 0) is 30.5 Å². The van der Waals surface area contributed by atoms with Gasteiger partial charge < -0.3 is 5.32 Å². The number of benzene rings is 2. The number of aryl methyl sites for hydroxylation is 1. The van der Waals surface area contributed by atoms with Crippen LogP contribution >= 0.6 is 0 Å². The topological polar surface area (TPSA) is 57.8 Å². The van der Waals surface area contributed by atoms with Crippen LogP contribution in [-0.2, 0) is 11.2 Å². The van der Waals surface area contributed by atoms with E-state index < -0.39 is 0 Å². The molecule has 0 saturated heterocycles. The van der Waals surface area contributed by atoms with Gasteiger partial charge in [0.1, 0.15) is 0 Å². The van der Waals surface area contributed by atoms with Crippen molar-refractivity contribution in [3.8, 4) is 11.3 Å². The van der Waals surface area contributed by atoms with E-state index in [9.17, 15) is 4.79 Å². The van der Waals surface area contributed by atoms with Gasteiger partial charge in [0.15, 0.2) is 0 Å². The van der Waals surface area contributed by atoms with Crippen molar-refractivity contribution in [2.24, 2.45) is 0 Å². The third kappa shape index (κ3) is 4.44. The van der Waals surface area contributed by atoms with Gasteiger partial charge in [0.2, 0.25) is 5.91 Å². The fourth-order valence-electron chi connectivity index (χ4n) is 2.69. The van der Waals surface area contributed by atoms with Gasteiger partial charge in [-0.1, -0.05) is 54.6 Å². The quantitative estimate of drug-likeness (QED) is 0.676. The summed E-state index contributed by atoms with van der Waals surface area (Å²) < 4.78 is 0. The molecule has 0 fully saturated rings. The SMILES string of the molecule is Cc1ccccc1CCNC(=O)/C=C/c1cn[nH]c1-c1ccccc1. The number of hydrogen-bond acceptors (Lipinski definition) is 2. The van der Waals surface area contributed by atoms with Crippen molar-refractivity contribution in [1.29, 1.82) is 0 Å². The zero-order valence-electron chi connectivity index (χ0n) is 14.2. The van der Waals surface area contributed by atoms with Gasteiger partial charge in [-0.2, -0.15) is 5.10 Å². The Morgan fingerprint density at radius 1 is 1.12 bits per heavy atom.